The Morgan fingerprint density at radius 3 is 1.87 bits per heavy atom. The minimum absolute atomic E-state index is 0.0593. The molecule has 4 rings (SSSR count). The molecule has 2 heterocycles. The van der Waals surface area contributed by atoms with Crippen molar-refractivity contribution in [2.24, 2.45) is 0 Å². The quantitative estimate of drug-likeness (QED) is 0.189. The molecule has 0 aliphatic heterocycles. The number of sulfonamides is 1. The number of methoxy groups -OCH3 is 2. The minimum Gasteiger partial charge on any atom is -0.465 e. The highest BCUT2D eigenvalue weighted by Gasteiger charge is 2.21. The first-order valence-electron chi connectivity index (χ1n) is 12.7. The number of rotatable bonds is 10. The third-order valence-electron chi connectivity index (χ3n) is 5.90. The molecule has 0 radical (unpaired) electrons. The number of esters is 2. The summed E-state index contributed by atoms with van der Waals surface area (Å²) in [7, 11) is -1.33. The average molecular weight is 680 g/mol. The molecule has 0 bridgehead atoms. The van der Waals surface area contributed by atoms with E-state index in [1.165, 1.54) is 63.0 Å². The maximum atomic E-state index is 13.3. The van der Waals surface area contributed by atoms with Gasteiger partial charge in [0.15, 0.2) is 0 Å². The molecule has 2 aromatic heterocycles. The molecule has 0 atom stereocenters. The zero-order valence-electron chi connectivity index (χ0n) is 23.8. The molecule has 2 aromatic carbocycles. The summed E-state index contributed by atoms with van der Waals surface area (Å²) in [5, 5.41) is 3.68. The van der Waals surface area contributed by atoms with E-state index in [9.17, 15) is 26.8 Å². The van der Waals surface area contributed by atoms with Crippen molar-refractivity contribution < 1.29 is 36.3 Å². The highest BCUT2D eigenvalue weighted by Crippen LogP contribution is 2.27. The van der Waals surface area contributed by atoms with E-state index in [-0.39, 0.29) is 27.8 Å². The number of nitrogens with zero attached hydrogens (tertiary/aromatic N) is 3. The number of pyridine rings is 2. The first kappa shape index (κ1) is 34.9. The number of carbonyl (C=O) groups is 2. The van der Waals surface area contributed by atoms with Crippen LogP contribution in [-0.2, 0) is 32.6 Å². The first-order valence-corrected chi connectivity index (χ1v) is 15.0. The van der Waals surface area contributed by atoms with Crippen molar-refractivity contribution in [2.75, 3.05) is 23.8 Å². The Morgan fingerprint density at radius 2 is 1.40 bits per heavy atom. The Labute approximate surface area is 268 Å². The second kappa shape index (κ2) is 15.9. The van der Waals surface area contributed by atoms with Gasteiger partial charge in [-0.1, -0.05) is 29.8 Å². The molecule has 15 heteroatoms. The monoisotopic (exact) mass is 678 g/mol. The summed E-state index contributed by atoms with van der Waals surface area (Å²) in [5.74, 6) is -2.11. The predicted octanol–water partition coefficient (Wildman–Crippen LogP) is 6.41. The Morgan fingerprint density at radius 1 is 0.867 bits per heavy atom. The highest BCUT2D eigenvalue weighted by atomic mass is 35.5. The number of benzene rings is 2. The van der Waals surface area contributed by atoms with Crippen LogP contribution in [-0.4, -0.2) is 44.5 Å². The fraction of sp³-hybridized carbons (Fsp3) is 0.133. The molecule has 0 saturated carbocycles. The summed E-state index contributed by atoms with van der Waals surface area (Å²) in [6.45, 7) is 3.57. The van der Waals surface area contributed by atoms with Crippen molar-refractivity contribution in [1.82, 2.24) is 9.97 Å². The van der Waals surface area contributed by atoms with Gasteiger partial charge in [-0.3, -0.25) is 14.3 Å². The summed E-state index contributed by atoms with van der Waals surface area (Å²) in [6, 6.07) is 14.2. The van der Waals surface area contributed by atoms with Gasteiger partial charge in [-0.2, -0.15) is 0 Å². The third-order valence-corrected chi connectivity index (χ3v) is 7.85. The minimum atomic E-state index is -3.89. The molecule has 0 spiro atoms. The van der Waals surface area contributed by atoms with Crippen molar-refractivity contribution in [3.63, 3.8) is 0 Å². The molecule has 0 amide bonds. The lowest BCUT2D eigenvalue weighted by Gasteiger charge is -2.22. The number of nitrogens with one attached hydrogen (secondary N) is 1. The van der Waals surface area contributed by atoms with Crippen molar-refractivity contribution in [1.29, 1.82) is 0 Å². The summed E-state index contributed by atoms with van der Waals surface area (Å²) in [6.07, 6.45) is 2.72. The predicted molar refractivity (Wildman–Crippen MR) is 167 cm³/mol. The van der Waals surface area contributed by atoms with E-state index in [1.54, 1.807) is 18.2 Å². The molecular weight excluding hydrogens is 653 g/mol. The van der Waals surface area contributed by atoms with E-state index >= 15 is 0 Å². The van der Waals surface area contributed by atoms with Crippen LogP contribution in [0.5, 0.6) is 0 Å². The number of carbonyl (C=O) groups excluding carboxylic acids is 2. The number of halogens is 4. The van der Waals surface area contributed by atoms with Gasteiger partial charge in [0.25, 0.3) is 10.0 Å². The lowest BCUT2D eigenvalue weighted by atomic mass is 10.2. The molecule has 0 saturated heterocycles. The summed E-state index contributed by atoms with van der Waals surface area (Å²) < 4.78 is 61.1. The van der Waals surface area contributed by atoms with Gasteiger partial charge in [0.2, 0.25) is 0 Å². The van der Waals surface area contributed by atoms with Crippen LogP contribution in [0.2, 0.25) is 10.0 Å². The summed E-state index contributed by atoms with van der Waals surface area (Å²) >= 11 is 11.4. The van der Waals surface area contributed by atoms with Gasteiger partial charge < -0.3 is 14.8 Å². The summed E-state index contributed by atoms with van der Waals surface area (Å²) in [4.78, 5) is 30.8. The smallest absolute Gasteiger partial charge is 0.339 e. The third kappa shape index (κ3) is 9.70. The van der Waals surface area contributed by atoms with E-state index in [0.29, 0.717) is 23.5 Å². The summed E-state index contributed by atoms with van der Waals surface area (Å²) in [5.41, 5.74) is 2.56. The maximum absolute atomic E-state index is 13.3. The second-order valence-electron chi connectivity index (χ2n) is 8.86. The van der Waals surface area contributed by atoms with Crippen molar-refractivity contribution >= 4 is 56.5 Å². The van der Waals surface area contributed by atoms with Crippen LogP contribution in [0.1, 0.15) is 32.1 Å². The normalized spacial score (nSPS) is 10.6. The average Bonchev–Trinajstić information content (AvgIpc) is 3.05. The molecule has 236 valence electrons. The Kier molecular flexibility index (Phi) is 12.4. The number of hydrogen-bond acceptors (Lipinski definition) is 9. The fourth-order valence-electron chi connectivity index (χ4n) is 3.53. The molecule has 0 aliphatic rings. The van der Waals surface area contributed by atoms with Gasteiger partial charge in [-0.15, -0.1) is 0 Å². The van der Waals surface area contributed by atoms with Crippen LogP contribution in [0, 0.1) is 11.6 Å². The van der Waals surface area contributed by atoms with Crippen LogP contribution in [0.4, 0.5) is 20.2 Å². The zero-order chi connectivity index (χ0) is 33.1. The highest BCUT2D eigenvalue weighted by molar-refractivity contribution is 7.95. The lowest BCUT2D eigenvalue weighted by Crippen LogP contribution is -2.29. The van der Waals surface area contributed by atoms with Gasteiger partial charge in [0.1, 0.15) is 11.6 Å². The fourth-order valence-corrected chi connectivity index (χ4v) is 4.78. The number of ether oxygens (including phenoxy) is 2. The van der Waals surface area contributed by atoms with E-state index in [0.717, 1.165) is 21.5 Å². The standard InChI is InChI=1S/C16H14ClFN2O4S.C14H12ClFN2O2/c1-3-25(22,23)20(13-6-7-15(18)14(17)8-13)10-12-5-4-11(9-19-12)16(21)24-2;1-20-14(19)9-2-3-11(17-7-9)8-18-10-4-5-13(16)12(15)6-10/h3-9H,1,10H2,2H3;2-7,18H,8H2,1H3. The lowest BCUT2D eigenvalue weighted by molar-refractivity contribution is 0.0591. The van der Waals surface area contributed by atoms with Crippen LogP contribution in [0.25, 0.3) is 0 Å². The largest absolute Gasteiger partial charge is 0.465 e. The number of aromatic nitrogens is 2. The second-order valence-corrected chi connectivity index (χ2v) is 11.5. The van der Waals surface area contributed by atoms with E-state index < -0.39 is 33.6 Å². The van der Waals surface area contributed by atoms with Gasteiger partial charge in [-0.05, 0) is 60.7 Å². The van der Waals surface area contributed by atoms with E-state index in [2.05, 4.69) is 31.3 Å². The molecule has 45 heavy (non-hydrogen) atoms. The maximum Gasteiger partial charge on any atom is 0.339 e. The van der Waals surface area contributed by atoms with Crippen molar-refractivity contribution in [3.8, 4) is 0 Å². The molecular formula is C30H26Cl2F2N4O6S. The van der Waals surface area contributed by atoms with E-state index in [4.69, 9.17) is 23.2 Å². The van der Waals surface area contributed by atoms with Crippen LogP contribution < -0.4 is 9.62 Å². The molecule has 10 nitrogen and oxygen atoms in total. The topological polar surface area (TPSA) is 128 Å². The van der Waals surface area contributed by atoms with Crippen LogP contribution in [0.3, 0.4) is 0 Å². The number of hydrogen-bond donors (Lipinski definition) is 1. The Hall–Kier alpha value is -4.59. The van der Waals surface area contributed by atoms with Crippen molar-refractivity contribution in [2.45, 2.75) is 13.1 Å². The molecule has 0 fully saturated rings. The molecule has 4 aromatic rings. The van der Waals surface area contributed by atoms with Gasteiger partial charge in [0, 0.05) is 23.5 Å². The SMILES string of the molecule is C=CS(=O)(=O)N(Cc1ccc(C(=O)OC)cn1)c1ccc(F)c(Cl)c1.COC(=O)c1ccc(CNc2ccc(F)c(Cl)c2)nc1. The van der Waals surface area contributed by atoms with Gasteiger partial charge in [-0.25, -0.2) is 26.8 Å². The number of anilines is 2. The molecule has 0 aliphatic carbocycles. The van der Waals surface area contributed by atoms with Crippen molar-refractivity contribution in [3.05, 3.63) is 129 Å². The van der Waals surface area contributed by atoms with Gasteiger partial charge >= 0.3 is 11.9 Å². The first-order chi connectivity index (χ1) is 21.4. The molecule has 0 unspecified atom stereocenters. The Bertz CT molecular complexity index is 1780. The molecule has 1 N–H and O–H groups in total. The Balaban J connectivity index is 0.000000251. The van der Waals surface area contributed by atoms with Crippen LogP contribution in [0.15, 0.2) is 85.0 Å². The van der Waals surface area contributed by atoms with E-state index in [1.807, 2.05) is 0 Å². The van der Waals surface area contributed by atoms with Crippen LogP contribution >= 0.6 is 23.2 Å². The van der Waals surface area contributed by atoms with Gasteiger partial charge in [0.05, 0.1) is 65.6 Å². The zero-order valence-corrected chi connectivity index (χ0v) is 26.2.